The van der Waals surface area contributed by atoms with Crippen LogP contribution in [0.5, 0.6) is 0 Å². The van der Waals surface area contributed by atoms with Gasteiger partial charge in [-0.3, -0.25) is 4.79 Å². The Morgan fingerprint density at radius 2 is 1.88 bits per heavy atom. The first-order chi connectivity index (χ1) is 11.3. The van der Waals surface area contributed by atoms with Gasteiger partial charge in [0.2, 0.25) is 15.9 Å². The molecule has 1 aliphatic heterocycles. The maximum atomic E-state index is 13.6. The number of rotatable bonds is 3. The van der Waals surface area contributed by atoms with E-state index in [1.165, 1.54) is 12.1 Å². The normalized spacial score (nSPS) is 18.2. The van der Waals surface area contributed by atoms with Crippen LogP contribution in [0.25, 0.3) is 0 Å². The fourth-order valence-corrected chi connectivity index (χ4v) is 4.78. The highest BCUT2D eigenvalue weighted by Gasteiger charge is 2.39. The molecule has 0 saturated heterocycles. The number of fused-ring (bicyclic) bond motifs is 1. The summed E-state index contributed by atoms with van der Waals surface area (Å²) in [6.07, 6.45) is 0.207. The predicted molar refractivity (Wildman–Crippen MR) is 87.0 cm³/mol. The highest BCUT2D eigenvalue weighted by Crippen LogP contribution is 2.30. The van der Waals surface area contributed by atoms with Gasteiger partial charge in [0.15, 0.2) is 0 Å². The molecule has 126 valence electrons. The van der Waals surface area contributed by atoms with Crippen LogP contribution in [0.4, 0.5) is 4.39 Å². The van der Waals surface area contributed by atoms with Crippen molar-refractivity contribution in [2.75, 3.05) is 0 Å². The summed E-state index contributed by atoms with van der Waals surface area (Å²) in [4.78, 5) is 11.7. The molecule has 2 aromatic rings. The second-order valence-electron chi connectivity index (χ2n) is 5.85. The van der Waals surface area contributed by atoms with E-state index in [1.807, 2.05) is 24.3 Å². The molecule has 1 aliphatic rings. The average Bonchev–Trinajstić information content (AvgIpc) is 2.55. The van der Waals surface area contributed by atoms with Crippen LogP contribution in [0.1, 0.15) is 16.7 Å². The van der Waals surface area contributed by atoms with Gasteiger partial charge < -0.3 is 5.73 Å². The van der Waals surface area contributed by atoms with Crippen molar-refractivity contribution in [1.82, 2.24) is 4.31 Å². The molecule has 3 rings (SSSR count). The Kier molecular flexibility index (Phi) is 4.15. The van der Waals surface area contributed by atoms with Crippen molar-refractivity contribution >= 4 is 15.9 Å². The molecule has 1 atom stereocenters. The van der Waals surface area contributed by atoms with Crippen LogP contribution in [0, 0.1) is 12.7 Å². The first-order valence-electron chi connectivity index (χ1n) is 7.45. The van der Waals surface area contributed by atoms with Crippen molar-refractivity contribution in [2.45, 2.75) is 30.8 Å². The van der Waals surface area contributed by atoms with Crippen molar-refractivity contribution in [3.8, 4) is 0 Å². The molecule has 5 nitrogen and oxygen atoms in total. The summed E-state index contributed by atoms with van der Waals surface area (Å²) in [5.41, 5.74) is 7.56. The smallest absolute Gasteiger partial charge is 0.244 e. The number of hydrogen-bond acceptors (Lipinski definition) is 3. The number of nitrogens with two attached hydrogens (primary N) is 1. The number of primary amides is 1. The number of carbonyl (C=O) groups excluding carboxylic acids is 1. The number of amides is 1. The lowest BCUT2D eigenvalue weighted by Crippen LogP contribution is -2.51. The van der Waals surface area contributed by atoms with Crippen LogP contribution in [0.15, 0.2) is 47.4 Å². The molecule has 0 aliphatic carbocycles. The molecule has 2 N–H and O–H groups in total. The number of benzene rings is 2. The molecule has 0 bridgehead atoms. The molecular weight excluding hydrogens is 331 g/mol. The highest BCUT2D eigenvalue weighted by molar-refractivity contribution is 7.89. The quantitative estimate of drug-likeness (QED) is 0.917. The minimum absolute atomic E-state index is 0.0298. The summed E-state index contributed by atoms with van der Waals surface area (Å²) < 4.78 is 40.7. The van der Waals surface area contributed by atoms with Crippen LogP contribution >= 0.6 is 0 Å². The average molecular weight is 348 g/mol. The van der Waals surface area contributed by atoms with Crippen LogP contribution in [0.2, 0.25) is 0 Å². The van der Waals surface area contributed by atoms with Crippen LogP contribution in [-0.2, 0) is 27.8 Å². The lowest BCUT2D eigenvalue weighted by atomic mass is 9.96. The maximum absolute atomic E-state index is 13.6. The first-order valence-corrected chi connectivity index (χ1v) is 8.89. The van der Waals surface area contributed by atoms with Crippen LogP contribution in [-0.4, -0.2) is 24.7 Å². The monoisotopic (exact) mass is 348 g/mol. The maximum Gasteiger partial charge on any atom is 0.244 e. The van der Waals surface area contributed by atoms with Gasteiger partial charge >= 0.3 is 0 Å². The lowest BCUT2D eigenvalue weighted by Gasteiger charge is -2.34. The molecule has 0 fully saturated rings. The van der Waals surface area contributed by atoms with Gasteiger partial charge in [-0.2, -0.15) is 4.31 Å². The number of nitrogens with zero attached hydrogens (tertiary/aromatic N) is 1. The Hall–Kier alpha value is -2.25. The minimum atomic E-state index is -4.06. The summed E-state index contributed by atoms with van der Waals surface area (Å²) in [7, 11) is -4.06. The number of halogens is 1. The Morgan fingerprint density at radius 1 is 1.21 bits per heavy atom. The zero-order valence-corrected chi connectivity index (χ0v) is 13.9. The molecule has 1 amide bonds. The topological polar surface area (TPSA) is 80.5 Å². The van der Waals surface area contributed by atoms with Crippen molar-refractivity contribution in [1.29, 1.82) is 0 Å². The summed E-state index contributed by atoms with van der Waals surface area (Å²) in [6.45, 7) is 1.62. The molecule has 0 spiro atoms. The van der Waals surface area contributed by atoms with Gasteiger partial charge in [0.1, 0.15) is 11.9 Å². The Bertz CT molecular complexity index is 912. The van der Waals surface area contributed by atoms with Crippen molar-refractivity contribution in [3.63, 3.8) is 0 Å². The third kappa shape index (κ3) is 2.81. The van der Waals surface area contributed by atoms with Gasteiger partial charge in [-0.05, 0) is 42.2 Å². The first kappa shape index (κ1) is 16.6. The van der Waals surface area contributed by atoms with E-state index in [-0.39, 0.29) is 17.9 Å². The molecule has 0 saturated carbocycles. The van der Waals surface area contributed by atoms with E-state index in [0.717, 1.165) is 21.5 Å². The second kappa shape index (κ2) is 5.99. The lowest BCUT2D eigenvalue weighted by molar-refractivity contribution is -0.122. The summed E-state index contributed by atoms with van der Waals surface area (Å²) in [5, 5.41) is 0. The third-order valence-electron chi connectivity index (χ3n) is 4.27. The Labute approximate surface area is 139 Å². The van der Waals surface area contributed by atoms with E-state index < -0.39 is 27.8 Å². The highest BCUT2D eigenvalue weighted by atomic mass is 32.2. The summed E-state index contributed by atoms with van der Waals surface area (Å²) >= 11 is 0. The molecule has 1 heterocycles. The van der Waals surface area contributed by atoms with Gasteiger partial charge in [-0.1, -0.05) is 30.3 Å². The number of carbonyl (C=O) groups is 1. The fraction of sp³-hybridized carbons (Fsp3) is 0.235. The number of hydrogen-bond donors (Lipinski definition) is 1. The number of aryl methyl sites for hydroxylation is 1. The van der Waals surface area contributed by atoms with Crippen molar-refractivity contribution in [2.24, 2.45) is 5.73 Å². The second-order valence-corrected chi connectivity index (χ2v) is 7.71. The molecule has 7 heteroatoms. The van der Waals surface area contributed by atoms with E-state index in [9.17, 15) is 17.6 Å². The largest absolute Gasteiger partial charge is 0.368 e. The minimum Gasteiger partial charge on any atom is -0.368 e. The van der Waals surface area contributed by atoms with Crippen molar-refractivity contribution < 1.29 is 17.6 Å². The van der Waals surface area contributed by atoms with Gasteiger partial charge in [0, 0.05) is 6.54 Å². The van der Waals surface area contributed by atoms with E-state index >= 15 is 0 Å². The standard InChI is InChI=1S/C17H17FN2O3S/c1-11-6-7-14(18)9-16(11)24(22,23)20-10-13-5-3-2-4-12(13)8-15(20)17(19)21/h2-7,9,15H,8,10H2,1H3,(H2,19,21). The Balaban J connectivity index is 2.11. The fourth-order valence-electron chi connectivity index (χ4n) is 2.97. The zero-order chi connectivity index (χ0) is 17.5. The van der Waals surface area contributed by atoms with Crippen LogP contribution in [0.3, 0.4) is 0 Å². The predicted octanol–water partition coefficient (Wildman–Crippen LogP) is 1.74. The molecule has 0 radical (unpaired) electrons. The summed E-state index contributed by atoms with van der Waals surface area (Å²) in [5.74, 6) is -1.37. The van der Waals surface area contributed by atoms with E-state index in [4.69, 9.17) is 5.73 Å². The van der Waals surface area contributed by atoms with Gasteiger partial charge in [0.25, 0.3) is 0 Å². The van der Waals surface area contributed by atoms with Gasteiger partial charge in [0.05, 0.1) is 4.90 Å². The molecule has 24 heavy (non-hydrogen) atoms. The van der Waals surface area contributed by atoms with Crippen molar-refractivity contribution in [3.05, 3.63) is 65.0 Å². The van der Waals surface area contributed by atoms with Gasteiger partial charge in [-0.25, -0.2) is 12.8 Å². The number of sulfonamides is 1. The molecule has 0 aromatic heterocycles. The van der Waals surface area contributed by atoms with Gasteiger partial charge in [-0.15, -0.1) is 0 Å². The third-order valence-corrected chi connectivity index (χ3v) is 6.27. The Morgan fingerprint density at radius 3 is 2.54 bits per heavy atom. The van der Waals surface area contributed by atoms with E-state index in [0.29, 0.717) is 5.56 Å². The summed E-state index contributed by atoms with van der Waals surface area (Å²) in [6, 6.07) is 9.89. The molecule has 2 aromatic carbocycles. The van der Waals surface area contributed by atoms with Crippen LogP contribution < -0.4 is 5.73 Å². The SMILES string of the molecule is Cc1ccc(F)cc1S(=O)(=O)N1Cc2ccccc2CC1C(N)=O. The van der Waals surface area contributed by atoms with E-state index in [1.54, 1.807) is 6.92 Å². The molecule has 1 unspecified atom stereocenters. The molecular formula is C17H17FN2O3S. The van der Waals surface area contributed by atoms with E-state index in [2.05, 4.69) is 0 Å². The zero-order valence-electron chi connectivity index (χ0n) is 13.1.